The second kappa shape index (κ2) is 7.79. The van der Waals surface area contributed by atoms with Crippen molar-refractivity contribution in [3.8, 4) is 11.5 Å². The summed E-state index contributed by atoms with van der Waals surface area (Å²) in [7, 11) is 0. The third-order valence-electron chi connectivity index (χ3n) is 3.32. The number of benzene rings is 1. The van der Waals surface area contributed by atoms with Gasteiger partial charge in [0.2, 0.25) is 5.91 Å². The zero-order valence-electron chi connectivity index (χ0n) is 13.5. The summed E-state index contributed by atoms with van der Waals surface area (Å²) in [5.74, 6) is 0.000149. The van der Waals surface area contributed by atoms with Crippen LogP contribution in [-0.2, 0) is 11.3 Å². The highest BCUT2D eigenvalue weighted by Crippen LogP contribution is 2.27. The summed E-state index contributed by atoms with van der Waals surface area (Å²) in [6.45, 7) is 1.72. The summed E-state index contributed by atoms with van der Waals surface area (Å²) in [5, 5.41) is 7.38. The van der Waals surface area contributed by atoms with Gasteiger partial charge >= 0.3 is 0 Å². The molecule has 2 heterocycles. The molecule has 2 amide bonds. The number of furan rings is 1. The number of aromatic nitrogens is 1. The lowest BCUT2D eigenvalue weighted by Gasteiger charge is -2.04. The van der Waals surface area contributed by atoms with E-state index in [2.05, 4.69) is 31.5 Å². The van der Waals surface area contributed by atoms with Gasteiger partial charge in [-0.1, -0.05) is 0 Å². The van der Waals surface area contributed by atoms with Gasteiger partial charge in [0.25, 0.3) is 5.91 Å². The van der Waals surface area contributed by atoms with E-state index in [-0.39, 0.29) is 18.0 Å². The minimum absolute atomic E-state index is 0.148. The molecule has 0 fully saturated rings. The number of halogens is 2. The number of carbonyl (C=O) groups excluding carboxylic acids is 2. The lowest BCUT2D eigenvalue weighted by Crippen LogP contribution is -2.18. The van der Waals surface area contributed by atoms with Crippen LogP contribution in [-0.4, -0.2) is 16.8 Å². The predicted molar refractivity (Wildman–Crippen MR) is 99.4 cm³/mol. The number of nitrogens with one attached hydrogen (secondary N) is 2. The van der Waals surface area contributed by atoms with E-state index in [1.54, 1.807) is 17.5 Å². The molecule has 0 unspecified atom stereocenters. The minimum atomic E-state index is -0.500. The van der Waals surface area contributed by atoms with Crippen molar-refractivity contribution in [1.29, 1.82) is 0 Å². The van der Waals surface area contributed by atoms with Gasteiger partial charge in [-0.3, -0.25) is 14.9 Å². The highest BCUT2D eigenvalue weighted by atomic mass is 79.9. The standard InChI is InChI=1S/C17H13BrFN3O3S/c1-9(23)20-7-11-3-5-15(25-11)14-8-26-17(21-14)22-16(24)12-6-10(19)2-4-13(12)18/h2-6,8H,7H2,1H3,(H,20,23)(H,21,22,24). The largest absolute Gasteiger partial charge is 0.458 e. The number of hydrogen-bond acceptors (Lipinski definition) is 5. The molecular weight excluding hydrogens is 425 g/mol. The van der Waals surface area contributed by atoms with E-state index < -0.39 is 11.7 Å². The molecule has 0 aliphatic carbocycles. The van der Waals surface area contributed by atoms with E-state index in [0.29, 0.717) is 26.8 Å². The first-order valence-corrected chi connectivity index (χ1v) is 9.15. The van der Waals surface area contributed by atoms with Crippen molar-refractivity contribution in [2.24, 2.45) is 0 Å². The van der Waals surface area contributed by atoms with Crippen molar-refractivity contribution >= 4 is 44.2 Å². The average molecular weight is 438 g/mol. The third kappa shape index (κ3) is 4.36. The zero-order chi connectivity index (χ0) is 18.7. The van der Waals surface area contributed by atoms with E-state index in [0.717, 1.165) is 6.07 Å². The van der Waals surface area contributed by atoms with Gasteiger partial charge in [0.1, 0.15) is 17.3 Å². The number of amides is 2. The third-order valence-corrected chi connectivity index (χ3v) is 4.77. The number of rotatable bonds is 5. The Balaban J connectivity index is 1.71. The molecule has 0 atom stereocenters. The van der Waals surface area contributed by atoms with Crippen LogP contribution in [0.5, 0.6) is 0 Å². The fraction of sp³-hybridized carbons (Fsp3) is 0.118. The Morgan fingerprint density at radius 2 is 2.12 bits per heavy atom. The van der Waals surface area contributed by atoms with Crippen LogP contribution in [0.15, 0.2) is 44.6 Å². The van der Waals surface area contributed by atoms with Gasteiger partial charge in [0, 0.05) is 16.8 Å². The molecule has 3 rings (SSSR count). The molecule has 0 saturated carbocycles. The molecule has 2 aromatic heterocycles. The van der Waals surface area contributed by atoms with E-state index in [1.165, 1.54) is 30.4 Å². The van der Waals surface area contributed by atoms with Crippen LogP contribution in [0.25, 0.3) is 11.5 Å². The lowest BCUT2D eigenvalue weighted by atomic mass is 10.2. The maximum Gasteiger partial charge on any atom is 0.258 e. The van der Waals surface area contributed by atoms with Crippen LogP contribution in [0.1, 0.15) is 23.0 Å². The lowest BCUT2D eigenvalue weighted by molar-refractivity contribution is -0.119. The number of anilines is 1. The van der Waals surface area contributed by atoms with Gasteiger partial charge in [-0.15, -0.1) is 11.3 Å². The highest BCUT2D eigenvalue weighted by molar-refractivity contribution is 9.10. The summed E-state index contributed by atoms with van der Waals surface area (Å²) in [6.07, 6.45) is 0. The Bertz CT molecular complexity index is 970. The molecule has 1 aromatic carbocycles. The molecule has 9 heteroatoms. The van der Waals surface area contributed by atoms with E-state index >= 15 is 0 Å². The number of thiazole rings is 1. The van der Waals surface area contributed by atoms with Crippen molar-refractivity contribution in [3.05, 3.63) is 57.3 Å². The van der Waals surface area contributed by atoms with E-state index in [4.69, 9.17) is 4.42 Å². The maximum atomic E-state index is 13.3. The van der Waals surface area contributed by atoms with Gasteiger partial charge in [0.05, 0.1) is 12.1 Å². The van der Waals surface area contributed by atoms with Crippen molar-refractivity contribution in [3.63, 3.8) is 0 Å². The summed E-state index contributed by atoms with van der Waals surface area (Å²) in [6, 6.07) is 7.36. The Morgan fingerprint density at radius 3 is 2.88 bits per heavy atom. The molecule has 0 saturated heterocycles. The normalized spacial score (nSPS) is 10.6. The Hall–Kier alpha value is -2.52. The Morgan fingerprint density at radius 1 is 1.31 bits per heavy atom. The van der Waals surface area contributed by atoms with Crippen LogP contribution in [0.2, 0.25) is 0 Å². The molecule has 0 bridgehead atoms. The molecule has 2 N–H and O–H groups in total. The highest BCUT2D eigenvalue weighted by Gasteiger charge is 2.15. The monoisotopic (exact) mass is 437 g/mol. The molecular formula is C17H13BrFN3O3S. The number of nitrogens with zero attached hydrogens (tertiary/aromatic N) is 1. The van der Waals surface area contributed by atoms with Crippen molar-refractivity contribution in [2.75, 3.05) is 5.32 Å². The summed E-state index contributed by atoms with van der Waals surface area (Å²) < 4.78 is 19.4. The van der Waals surface area contributed by atoms with Crippen LogP contribution in [0.4, 0.5) is 9.52 Å². The summed E-state index contributed by atoms with van der Waals surface area (Å²) >= 11 is 4.45. The van der Waals surface area contributed by atoms with Gasteiger partial charge in [-0.25, -0.2) is 9.37 Å². The molecule has 0 aliphatic heterocycles. The fourth-order valence-corrected chi connectivity index (χ4v) is 3.22. The van der Waals surface area contributed by atoms with Gasteiger partial charge in [-0.2, -0.15) is 0 Å². The molecule has 6 nitrogen and oxygen atoms in total. The first-order chi connectivity index (χ1) is 12.4. The maximum absolute atomic E-state index is 13.3. The zero-order valence-corrected chi connectivity index (χ0v) is 15.9. The Labute approximate surface area is 160 Å². The first kappa shape index (κ1) is 18.3. The van der Waals surface area contributed by atoms with E-state index in [1.807, 2.05) is 0 Å². The molecule has 0 spiro atoms. The quantitative estimate of drug-likeness (QED) is 0.626. The van der Waals surface area contributed by atoms with Crippen LogP contribution < -0.4 is 10.6 Å². The number of hydrogen-bond donors (Lipinski definition) is 2. The van der Waals surface area contributed by atoms with E-state index in [9.17, 15) is 14.0 Å². The van der Waals surface area contributed by atoms with Gasteiger partial charge in [-0.05, 0) is 46.3 Å². The topological polar surface area (TPSA) is 84.2 Å². The van der Waals surface area contributed by atoms with Crippen molar-refractivity contribution in [1.82, 2.24) is 10.3 Å². The van der Waals surface area contributed by atoms with Gasteiger partial charge in [0.15, 0.2) is 10.9 Å². The smallest absolute Gasteiger partial charge is 0.258 e. The predicted octanol–water partition coefficient (Wildman–Crippen LogP) is 4.19. The van der Waals surface area contributed by atoms with Gasteiger partial charge < -0.3 is 9.73 Å². The SMILES string of the molecule is CC(=O)NCc1ccc(-c2csc(NC(=O)c3cc(F)ccc3Br)n2)o1. The van der Waals surface area contributed by atoms with Crippen LogP contribution in [0, 0.1) is 5.82 Å². The minimum Gasteiger partial charge on any atom is -0.458 e. The fourth-order valence-electron chi connectivity index (χ4n) is 2.10. The molecule has 0 aliphatic rings. The summed E-state index contributed by atoms with van der Waals surface area (Å²) in [4.78, 5) is 27.5. The average Bonchev–Trinajstić information content (AvgIpc) is 3.24. The second-order valence-electron chi connectivity index (χ2n) is 5.29. The second-order valence-corrected chi connectivity index (χ2v) is 7.00. The Kier molecular flexibility index (Phi) is 5.48. The molecule has 26 heavy (non-hydrogen) atoms. The van der Waals surface area contributed by atoms with Crippen LogP contribution >= 0.6 is 27.3 Å². The molecule has 134 valence electrons. The van der Waals surface area contributed by atoms with Crippen molar-refractivity contribution < 1.29 is 18.4 Å². The number of carbonyl (C=O) groups is 2. The first-order valence-electron chi connectivity index (χ1n) is 7.48. The van der Waals surface area contributed by atoms with Crippen molar-refractivity contribution in [2.45, 2.75) is 13.5 Å². The molecule has 3 aromatic rings. The molecule has 0 radical (unpaired) electrons. The summed E-state index contributed by atoms with van der Waals surface area (Å²) in [5.41, 5.74) is 0.732. The van der Waals surface area contributed by atoms with Crippen LogP contribution in [0.3, 0.4) is 0 Å².